The van der Waals surface area contributed by atoms with E-state index < -0.39 is 0 Å². The van der Waals surface area contributed by atoms with E-state index in [1.165, 1.54) is 24.8 Å². The van der Waals surface area contributed by atoms with Gasteiger partial charge in [-0.05, 0) is 43.7 Å². The molecule has 2 rings (SSSR count). The summed E-state index contributed by atoms with van der Waals surface area (Å²) >= 11 is 0. The monoisotopic (exact) mass is 190 g/mol. The first-order valence-corrected chi connectivity index (χ1v) is 5.44. The van der Waals surface area contributed by atoms with E-state index in [0.717, 1.165) is 12.1 Å². The lowest BCUT2D eigenvalue weighted by Gasteiger charge is -2.26. The number of hydrogen-bond donors (Lipinski definition) is 1. The van der Waals surface area contributed by atoms with Gasteiger partial charge in [-0.1, -0.05) is 12.5 Å². The SMILES string of the molecule is Cc1ccc(C2CCCC(N)C2)cn1. The van der Waals surface area contributed by atoms with Gasteiger partial charge in [0.25, 0.3) is 0 Å². The van der Waals surface area contributed by atoms with Crippen LogP contribution in [0, 0.1) is 6.92 Å². The molecular weight excluding hydrogens is 172 g/mol. The molecule has 0 spiro atoms. The summed E-state index contributed by atoms with van der Waals surface area (Å²) in [4.78, 5) is 4.34. The third-order valence-corrected chi connectivity index (χ3v) is 3.12. The maximum atomic E-state index is 5.97. The molecule has 0 bridgehead atoms. The summed E-state index contributed by atoms with van der Waals surface area (Å²) in [5.74, 6) is 0.645. The zero-order valence-electron chi connectivity index (χ0n) is 8.74. The first-order chi connectivity index (χ1) is 6.75. The third-order valence-electron chi connectivity index (χ3n) is 3.12. The molecule has 0 saturated heterocycles. The Balaban J connectivity index is 2.10. The van der Waals surface area contributed by atoms with Crippen LogP contribution in [0.1, 0.15) is 42.9 Å². The Morgan fingerprint density at radius 3 is 2.86 bits per heavy atom. The summed E-state index contributed by atoms with van der Waals surface area (Å²) in [5, 5.41) is 0. The van der Waals surface area contributed by atoms with Gasteiger partial charge in [-0.3, -0.25) is 4.98 Å². The van der Waals surface area contributed by atoms with E-state index in [9.17, 15) is 0 Å². The molecule has 1 aliphatic carbocycles. The highest BCUT2D eigenvalue weighted by molar-refractivity contribution is 5.18. The van der Waals surface area contributed by atoms with Crippen LogP contribution >= 0.6 is 0 Å². The second kappa shape index (κ2) is 4.09. The average Bonchev–Trinajstić information content (AvgIpc) is 2.19. The Hall–Kier alpha value is -0.890. The zero-order chi connectivity index (χ0) is 9.97. The van der Waals surface area contributed by atoms with Crippen molar-refractivity contribution in [2.75, 3.05) is 0 Å². The van der Waals surface area contributed by atoms with E-state index in [1.54, 1.807) is 0 Å². The van der Waals surface area contributed by atoms with Crippen LogP contribution in [-0.2, 0) is 0 Å². The number of rotatable bonds is 1. The number of nitrogens with zero attached hydrogens (tertiary/aromatic N) is 1. The van der Waals surface area contributed by atoms with Crippen molar-refractivity contribution in [2.24, 2.45) is 5.73 Å². The number of aromatic nitrogens is 1. The highest BCUT2D eigenvalue weighted by atomic mass is 14.7. The van der Waals surface area contributed by atoms with Crippen molar-refractivity contribution < 1.29 is 0 Å². The van der Waals surface area contributed by atoms with E-state index in [-0.39, 0.29) is 0 Å². The standard InChI is InChI=1S/C12H18N2/c1-9-5-6-11(8-14-9)10-3-2-4-12(13)7-10/h5-6,8,10,12H,2-4,7,13H2,1H3. The topological polar surface area (TPSA) is 38.9 Å². The fourth-order valence-electron chi connectivity index (χ4n) is 2.25. The quantitative estimate of drug-likeness (QED) is 0.738. The normalized spacial score (nSPS) is 27.6. The smallest absolute Gasteiger partial charge is 0.0372 e. The van der Waals surface area contributed by atoms with Gasteiger partial charge in [0, 0.05) is 17.9 Å². The van der Waals surface area contributed by atoms with Gasteiger partial charge in [-0.25, -0.2) is 0 Å². The molecule has 0 aromatic carbocycles. The molecule has 2 unspecified atom stereocenters. The molecule has 0 aliphatic heterocycles. The molecule has 2 nitrogen and oxygen atoms in total. The number of aryl methyl sites for hydroxylation is 1. The van der Waals surface area contributed by atoms with Gasteiger partial charge >= 0.3 is 0 Å². The predicted molar refractivity (Wildman–Crippen MR) is 58.2 cm³/mol. The van der Waals surface area contributed by atoms with Crippen molar-refractivity contribution in [3.8, 4) is 0 Å². The van der Waals surface area contributed by atoms with E-state index >= 15 is 0 Å². The van der Waals surface area contributed by atoms with Gasteiger partial charge in [0.1, 0.15) is 0 Å². The maximum absolute atomic E-state index is 5.97. The minimum Gasteiger partial charge on any atom is -0.328 e. The average molecular weight is 190 g/mol. The molecule has 2 atom stereocenters. The van der Waals surface area contributed by atoms with Crippen LogP contribution in [0.2, 0.25) is 0 Å². The van der Waals surface area contributed by atoms with E-state index in [1.807, 2.05) is 13.1 Å². The van der Waals surface area contributed by atoms with Crippen molar-refractivity contribution in [3.63, 3.8) is 0 Å². The third kappa shape index (κ3) is 2.13. The van der Waals surface area contributed by atoms with Crippen molar-refractivity contribution >= 4 is 0 Å². The molecule has 2 heteroatoms. The summed E-state index contributed by atoms with van der Waals surface area (Å²) < 4.78 is 0. The molecule has 1 heterocycles. The van der Waals surface area contributed by atoms with Crippen LogP contribution in [0.15, 0.2) is 18.3 Å². The van der Waals surface area contributed by atoms with Gasteiger partial charge in [0.2, 0.25) is 0 Å². The van der Waals surface area contributed by atoms with Crippen LogP contribution in [-0.4, -0.2) is 11.0 Å². The summed E-state index contributed by atoms with van der Waals surface area (Å²) in [6.07, 6.45) is 6.87. The van der Waals surface area contributed by atoms with Gasteiger partial charge in [0.15, 0.2) is 0 Å². The summed E-state index contributed by atoms with van der Waals surface area (Å²) in [6, 6.07) is 4.69. The molecule has 2 N–H and O–H groups in total. The molecule has 76 valence electrons. The Morgan fingerprint density at radius 2 is 2.21 bits per heavy atom. The minimum atomic E-state index is 0.398. The first kappa shape index (κ1) is 9.66. The summed E-state index contributed by atoms with van der Waals surface area (Å²) in [6.45, 7) is 2.02. The number of nitrogens with two attached hydrogens (primary N) is 1. The second-order valence-electron chi connectivity index (χ2n) is 4.36. The Morgan fingerprint density at radius 1 is 1.36 bits per heavy atom. The highest BCUT2D eigenvalue weighted by Crippen LogP contribution is 2.31. The van der Waals surface area contributed by atoms with E-state index in [4.69, 9.17) is 5.73 Å². The van der Waals surface area contributed by atoms with Crippen LogP contribution in [0.4, 0.5) is 0 Å². The molecule has 0 amide bonds. The van der Waals surface area contributed by atoms with Crippen molar-refractivity contribution in [2.45, 2.75) is 44.6 Å². The molecule has 1 saturated carbocycles. The number of hydrogen-bond acceptors (Lipinski definition) is 2. The van der Waals surface area contributed by atoms with Crippen LogP contribution in [0.5, 0.6) is 0 Å². The van der Waals surface area contributed by atoms with Crippen molar-refractivity contribution in [3.05, 3.63) is 29.6 Å². The molecule has 1 aromatic rings. The lowest BCUT2D eigenvalue weighted by atomic mass is 9.82. The van der Waals surface area contributed by atoms with Gasteiger partial charge in [-0.15, -0.1) is 0 Å². The van der Waals surface area contributed by atoms with Crippen molar-refractivity contribution in [1.29, 1.82) is 0 Å². The van der Waals surface area contributed by atoms with Gasteiger partial charge in [0.05, 0.1) is 0 Å². The van der Waals surface area contributed by atoms with E-state index in [0.29, 0.717) is 12.0 Å². The molecule has 14 heavy (non-hydrogen) atoms. The molecule has 0 radical (unpaired) electrons. The minimum absolute atomic E-state index is 0.398. The molecule has 1 fully saturated rings. The van der Waals surface area contributed by atoms with Crippen molar-refractivity contribution in [1.82, 2.24) is 4.98 Å². The largest absolute Gasteiger partial charge is 0.328 e. The molecule has 1 aliphatic rings. The fraction of sp³-hybridized carbons (Fsp3) is 0.583. The predicted octanol–water partition coefficient (Wildman–Crippen LogP) is 2.37. The Kier molecular flexibility index (Phi) is 2.82. The fourth-order valence-corrected chi connectivity index (χ4v) is 2.25. The lowest BCUT2D eigenvalue weighted by Crippen LogP contribution is -2.26. The highest BCUT2D eigenvalue weighted by Gasteiger charge is 2.20. The second-order valence-corrected chi connectivity index (χ2v) is 4.36. The first-order valence-electron chi connectivity index (χ1n) is 5.44. The molecule has 1 aromatic heterocycles. The zero-order valence-corrected chi connectivity index (χ0v) is 8.74. The van der Waals surface area contributed by atoms with Gasteiger partial charge in [-0.2, -0.15) is 0 Å². The van der Waals surface area contributed by atoms with Crippen LogP contribution < -0.4 is 5.73 Å². The maximum Gasteiger partial charge on any atom is 0.0372 e. The summed E-state index contributed by atoms with van der Waals surface area (Å²) in [7, 11) is 0. The Bertz CT molecular complexity index is 292. The lowest BCUT2D eigenvalue weighted by molar-refractivity contribution is 0.392. The van der Waals surface area contributed by atoms with E-state index in [2.05, 4.69) is 17.1 Å². The Labute approximate surface area is 85.5 Å². The number of pyridine rings is 1. The van der Waals surface area contributed by atoms with Gasteiger partial charge < -0.3 is 5.73 Å². The molecular formula is C12H18N2. The van der Waals surface area contributed by atoms with Crippen LogP contribution in [0.25, 0.3) is 0 Å². The van der Waals surface area contributed by atoms with Crippen LogP contribution in [0.3, 0.4) is 0 Å². The summed E-state index contributed by atoms with van der Waals surface area (Å²) in [5.41, 5.74) is 8.43.